The lowest BCUT2D eigenvalue weighted by atomic mass is 9.92. The highest BCUT2D eigenvalue weighted by atomic mass is 16.8. The van der Waals surface area contributed by atoms with Crippen molar-refractivity contribution in [2.45, 2.75) is 108 Å². The lowest BCUT2D eigenvalue weighted by molar-refractivity contribution is -0.271. The summed E-state index contributed by atoms with van der Waals surface area (Å²) in [5.74, 6) is -0.785. The van der Waals surface area contributed by atoms with Gasteiger partial charge in [-0.05, 0) is 48.1 Å². The molecule has 0 amide bonds. The van der Waals surface area contributed by atoms with Crippen molar-refractivity contribution in [2.24, 2.45) is 0 Å². The SMILES string of the molecule is CC1(C)OC[C@@H]([C@@H](OCc2ccccc2)[C@H](O)/C=C\C[C@@H]2O[C@H](COCc3ccccc3)[C@@H](OCc3ccccc3)[C@H](OCc3ccccc3)[C@H]2OCc2ccccc2)O1. The zero-order chi connectivity index (χ0) is 41.4. The zero-order valence-corrected chi connectivity index (χ0v) is 34.6. The zero-order valence-electron chi connectivity index (χ0n) is 34.6. The maximum Gasteiger partial charge on any atom is 0.163 e. The minimum atomic E-state index is -0.999. The first-order valence-corrected chi connectivity index (χ1v) is 21.0. The topological polar surface area (TPSA) is 94.1 Å². The first-order valence-electron chi connectivity index (χ1n) is 21.0. The summed E-state index contributed by atoms with van der Waals surface area (Å²) in [6.07, 6.45) is -0.696. The van der Waals surface area contributed by atoms with Crippen LogP contribution in [-0.4, -0.2) is 72.9 Å². The van der Waals surface area contributed by atoms with Crippen molar-refractivity contribution in [1.29, 1.82) is 0 Å². The largest absolute Gasteiger partial charge is 0.386 e. The van der Waals surface area contributed by atoms with Gasteiger partial charge in [0.1, 0.15) is 42.7 Å². The molecule has 2 fully saturated rings. The highest BCUT2D eigenvalue weighted by Crippen LogP contribution is 2.33. The van der Waals surface area contributed by atoms with Gasteiger partial charge >= 0.3 is 0 Å². The smallest absolute Gasteiger partial charge is 0.163 e. The van der Waals surface area contributed by atoms with E-state index in [2.05, 4.69) is 12.1 Å². The molecule has 0 aliphatic carbocycles. The summed E-state index contributed by atoms with van der Waals surface area (Å²) in [5, 5.41) is 11.7. The van der Waals surface area contributed by atoms with E-state index in [1.807, 2.05) is 159 Å². The Morgan fingerprint density at radius 1 is 0.583 bits per heavy atom. The molecule has 0 spiro atoms. The molecule has 316 valence electrons. The molecule has 7 rings (SSSR count). The second-order valence-corrected chi connectivity index (χ2v) is 15.8. The van der Waals surface area contributed by atoms with Crippen LogP contribution in [0.5, 0.6) is 0 Å². The average molecular weight is 815 g/mol. The van der Waals surface area contributed by atoms with Crippen LogP contribution in [0.4, 0.5) is 0 Å². The van der Waals surface area contributed by atoms with E-state index in [0.717, 1.165) is 27.8 Å². The van der Waals surface area contributed by atoms with Gasteiger partial charge in [0.15, 0.2) is 5.79 Å². The Morgan fingerprint density at radius 3 is 1.48 bits per heavy atom. The van der Waals surface area contributed by atoms with Crippen LogP contribution in [0.25, 0.3) is 0 Å². The minimum Gasteiger partial charge on any atom is -0.386 e. The van der Waals surface area contributed by atoms with Crippen molar-refractivity contribution < 1.29 is 43.0 Å². The molecule has 0 radical (unpaired) electrons. The van der Waals surface area contributed by atoms with Crippen molar-refractivity contribution in [3.8, 4) is 0 Å². The Labute approximate surface area is 354 Å². The van der Waals surface area contributed by atoms with Crippen molar-refractivity contribution in [2.75, 3.05) is 13.2 Å². The molecule has 2 saturated heterocycles. The van der Waals surface area contributed by atoms with Gasteiger partial charge in [0.05, 0.1) is 52.4 Å². The third-order valence-corrected chi connectivity index (χ3v) is 10.7. The summed E-state index contributed by atoms with van der Waals surface area (Å²) in [7, 11) is 0. The number of rotatable bonds is 21. The second kappa shape index (κ2) is 22.4. The summed E-state index contributed by atoms with van der Waals surface area (Å²) in [6.45, 7) is 6.07. The predicted molar refractivity (Wildman–Crippen MR) is 230 cm³/mol. The molecule has 2 heterocycles. The van der Waals surface area contributed by atoms with E-state index < -0.39 is 54.6 Å². The molecule has 5 aromatic rings. The normalized spacial score (nSPS) is 23.7. The maximum atomic E-state index is 11.7. The molecule has 0 bridgehead atoms. The van der Waals surface area contributed by atoms with Crippen molar-refractivity contribution in [1.82, 2.24) is 0 Å². The number of hydrogen-bond acceptors (Lipinski definition) is 9. The van der Waals surface area contributed by atoms with Gasteiger partial charge in [-0.15, -0.1) is 0 Å². The third kappa shape index (κ3) is 13.0. The Bertz CT molecular complexity index is 1960. The van der Waals surface area contributed by atoms with E-state index in [0.29, 0.717) is 46.1 Å². The average Bonchev–Trinajstić information content (AvgIpc) is 3.65. The molecule has 8 atom stereocenters. The number of benzene rings is 5. The van der Waals surface area contributed by atoms with E-state index in [-0.39, 0.29) is 6.61 Å². The number of ether oxygens (including phenoxy) is 8. The Kier molecular flexibility index (Phi) is 16.2. The predicted octanol–water partition coefficient (Wildman–Crippen LogP) is 8.77. The van der Waals surface area contributed by atoms with E-state index >= 15 is 0 Å². The van der Waals surface area contributed by atoms with Gasteiger partial charge in [0.25, 0.3) is 0 Å². The highest BCUT2D eigenvalue weighted by Gasteiger charge is 2.48. The molecule has 0 unspecified atom stereocenters. The molecule has 0 aromatic heterocycles. The van der Waals surface area contributed by atoms with Gasteiger partial charge in [-0.1, -0.05) is 164 Å². The Hall–Kier alpha value is -4.52. The minimum absolute atomic E-state index is 0.262. The summed E-state index contributed by atoms with van der Waals surface area (Å²) in [5.41, 5.74) is 5.16. The molecule has 2 aliphatic heterocycles. The van der Waals surface area contributed by atoms with Gasteiger partial charge < -0.3 is 43.0 Å². The summed E-state index contributed by atoms with van der Waals surface area (Å²) in [6, 6.07) is 50.3. The van der Waals surface area contributed by atoms with Crippen LogP contribution >= 0.6 is 0 Å². The molecule has 2 aliphatic rings. The third-order valence-electron chi connectivity index (χ3n) is 10.7. The molecular weight excluding hydrogens is 757 g/mol. The molecular formula is C51H58O9. The van der Waals surface area contributed by atoms with Crippen LogP contribution in [0.1, 0.15) is 48.1 Å². The van der Waals surface area contributed by atoms with Crippen LogP contribution < -0.4 is 0 Å². The molecule has 9 heteroatoms. The van der Waals surface area contributed by atoms with Gasteiger partial charge in [-0.25, -0.2) is 0 Å². The van der Waals surface area contributed by atoms with Gasteiger partial charge in [0.2, 0.25) is 0 Å². The van der Waals surface area contributed by atoms with E-state index in [9.17, 15) is 5.11 Å². The lowest BCUT2D eigenvalue weighted by Crippen LogP contribution is -2.61. The van der Waals surface area contributed by atoms with Crippen LogP contribution in [0, 0.1) is 0 Å². The fourth-order valence-electron chi connectivity index (χ4n) is 7.61. The second-order valence-electron chi connectivity index (χ2n) is 15.8. The van der Waals surface area contributed by atoms with Crippen molar-refractivity contribution in [3.05, 3.63) is 192 Å². The first-order chi connectivity index (χ1) is 29.4. The Morgan fingerprint density at radius 2 is 1.02 bits per heavy atom. The first kappa shape index (κ1) is 43.6. The van der Waals surface area contributed by atoms with E-state index in [1.54, 1.807) is 6.08 Å². The molecule has 5 aromatic carbocycles. The fraction of sp³-hybridized carbons (Fsp3) is 0.373. The Balaban J connectivity index is 1.16. The van der Waals surface area contributed by atoms with Gasteiger partial charge in [0, 0.05) is 0 Å². The molecule has 60 heavy (non-hydrogen) atoms. The van der Waals surface area contributed by atoms with Crippen molar-refractivity contribution >= 4 is 0 Å². The van der Waals surface area contributed by atoms with Crippen LogP contribution in [0.2, 0.25) is 0 Å². The van der Waals surface area contributed by atoms with Crippen LogP contribution in [0.3, 0.4) is 0 Å². The van der Waals surface area contributed by atoms with Gasteiger partial charge in [-0.2, -0.15) is 0 Å². The fourth-order valence-corrected chi connectivity index (χ4v) is 7.61. The quantitative estimate of drug-likeness (QED) is 0.0730. The standard InChI is InChI=1S/C51H58O9/c1-51(2)58-37-46(60-51)47(54-32-39-21-10-4-11-22-39)43(52)29-18-30-44-48(55-33-40-23-12-5-13-24-40)50(57-35-42-27-16-7-17-28-42)49(56-34-41-25-14-6-15-26-41)45(59-44)36-53-31-38-19-8-3-9-20-38/h3-29,43-50,52H,30-37H2,1-2H3/b29-18-/t43-,44+,45-,46+,47+,48+,49-,50-/m1/s1. The van der Waals surface area contributed by atoms with E-state index in [1.165, 1.54) is 0 Å². The van der Waals surface area contributed by atoms with Crippen molar-refractivity contribution in [3.63, 3.8) is 0 Å². The monoisotopic (exact) mass is 814 g/mol. The number of aliphatic hydroxyl groups is 1. The molecule has 0 saturated carbocycles. The van der Waals surface area contributed by atoms with E-state index in [4.69, 9.17) is 37.9 Å². The molecule has 9 nitrogen and oxygen atoms in total. The molecule has 1 N–H and O–H groups in total. The number of aliphatic hydroxyl groups excluding tert-OH is 1. The summed E-state index contributed by atoms with van der Waals surface area (Å²) in [4.78, 5) is 0. The number of hydrogen-bond donors (Lipinski definition) is 1. The van der Waals surface area contributed by atoms with Gasteiger partial charge in [-0.3, -0.25) is 0 Å². The highest BCUT2D eigenvalue weighted by molar-refractivity contribution is 5.17. The lowest BCUT2D eigenvalue weighted by Gasteiger charge is -2.46. The summed E-state index contributed by atoms with van der Waals surface area (Å²) >= 11 is 0. The van der Waals surface area contributed by atoms with Crippen LogP contribution in [0.15, 0.2) is 164 Å². The van der Waals surface area contributed by atoms with Crippen LogP contribution in [-0.2, 0) is 70.9 Å². The summed E-state index contributed by atoms with van der Waals surface area (Å²) < 4.78 is 52.5. The maximum absolute atomic E-state index is 11.7.